The van der Waals surface area contributed by atoms with Gasteiger partial charge in [-0.3, -0.25) is 14.9 Å². The van der Waals surface area contributed by atoms with E-state index in [1.54, 1.807) is 0 Å². The summed E-state index contributed by atoms with van der Waals surface area (Å²) < 4.78 is 5.08. The largest absolute Gasteiger partial charge is 0.478 e. The number of ether oxygens (including phenoxy) is 1. The van der Waals surface area contributed by atoms with E-state index in [4.69, 9.17) is 9.84 Å². The molecule has 0 saturated heterocycles. The number of nitro benzene ring substituents is 1. The lowest BCUT2D eigenvalue weighted by Gasteiger charge is -2.09. The smallest absolute Gasteiger partial charge is 0.335 e. The quantitative estimate of drug-likeness (QED) is 0.580. The summed E-state index contributed by atoms with van der Waals surface area (Å²) in [6, 6.07) is 3.23. The first-order chi connectivity index (χ1) is 9.81. The van der Waals surface area contributed by atoms with Crippen LogP contribution in [0.5, 0.6) is 5.75 Å². The first kappa shape index (κ1) is 16.4. The number of rotatable bonds is 7. The van der Waals surface area contributed by atoms with Crippen molar-refractivity contribution in [1.82, 2.24) is 5.32 Å². The number of carbonyl (C=O) groups is 2. The van der Waals surface area contributed by atoms with Crippen LogP contribution in [0.25, 0.3) is 0 Å². The second kappa shape index (κ2) is 7.22. The molecule has 1 aromatic rings. The summed E-state index contributed by atoms with van der Waals surface area (Å²) in [7, 11) is 0. The van der Waals surface area contributed by atoms with E-state index < -0.39 is 22.5 Å². The predicted octanol–water partition coefficient (Wildman–Crippen LogP) is 1.44. The first-order valence-electron chi connectivity index (χ1n) is 6.22. The van der Waals surface area contributed by atoms with Gasteiger partial charge in [0.25, 0.3) is 5.91 Å². The maximum atomic E-state index is 11.5. The van der Waals surface area contributed by atoms with Crippen molar-refractivity contribution in [3.63, 3.8) is 0 Å². The third kappa shape index (κ3) is 5.09. The van der Waals surface area contributed by atoms with Crippen molar-refractivity contribution < 1.29 is 24.4 Å². The topological polar surface area (TPSA) is 119 Å². The van der Waals surface area contributed by atoms with E-state index in [-0.39, 0.29) is 23.8 Å². The van der Waals surface area contributed by atoms with Gasteiger partial charge in [-0.2, -0.15) is 0 Å². The average Bonchev–Trinajstić information content (AvgIpc) is 2.42. The summed E-state index contributed by atoms with van der Waals surface area (Å²) in [5.74, 6) is -1.55. The SMILES string of the molecule is CC(C)CNC(=O)COc1ccc(C(=O)O)cc1[N+](=O)[O-]. The first-order valence-corrected chi connectivity index (χ1v) is 6.22. The molecule has 0 unspecified atom stereocenters. The van der Waals surface area contributed by atoms with Gasteiger partial charge < -0.3 is 15.2 Å². The Bertz CT molecular complexity index is 556. The number of hydrogen-bond donors (Lipinski definition) is 2. The van der Waals surface area contributed by atoms with E-state index in [1.165, 1.54) is 6.07 Å². The Balaban J connectivity index is 2.77. The molecule has 114 valence electrons. The predicted molar refractivity (Wildman–Crippen MR) is 73.4 cm³/mol. The molecule has 0 radical (unpaired) electrons. The molecular weight excluding hydrogens is 280 g/mol. The fraction of sp³-hybridized carbons (Fsp3) is 0.385. The van der Waals surface area contributed by atoms with E-state index in [9.17, 15) is 19.7 Å². The van der Waals surface area contributed by atoms with E-state index in [2.05, 4.69) is 5.32 Å². The van der Waals surface area contributed by atoms with Gasteiger partial charge in [0.1, 0.15) is 0 Å². The summed E-state index contributed by atoms with van der Waals surface area (Å²) in [5, 5.41) is 22.3. The lowest BCUT2D eigenvalue weighted by molar-refractivity contribution is -0.385. The van der Waals surface area contributed by atoms with Crippen LogP contribution in [0.2, 0.25) is 0 Å². The third-order valence-electron chi connectivity index (χ3n) is 2.47. The highest BCUT2D eigenvalue weighted by molar-refractivity contribution is 5.89. The van der Waals surface area contributed by atoms with Gasteiger partial charge in [-0.25, -0.2) is 4.79 Å². The number of carboxylic acids is 1. The molecule has 8 heteroatoms. The molecule has 0 aliphatic carbocycles. The van der Waals surface area contributed by atoms with Gasteiger partial charge in [-0.05, 0) is 18.1 Å². The lowest BCUT2D eigenvalue weighted by atomic mass is 10.2. The Morgan fingerprint density at radius 2 is 2.10 bits per heavy atom. The van der Waals surface area contributed by atoms with Gasteiger partial charge in [-0.15, -0.1) is 0 Å². The van der Waals surface area contributed by atoms with Crippen molar-refractivity contribution in [2.45, 2.75) is 13.8 Å². The standard InChI is InChI=1S/C13H16N2O6/c1-8(2)6-14-12(16)7-21-11-4-3-9(13(17)18)5-10(11)15(19)20/h3-5,8H,6-7H2,1-2H3,(H,14,16)(H,17,18). The van der Waals surface area contributed by atoms with Crippen LogP contribution in [0.1, 0.15) is 24.2 Å². The number of nitrogens with zero attached hydrogens (tertiary/aromatic N) is 1. The van der Waals surface area contributed by atoms with Crippen molar-refractivity contribution in [2.24, 2.45) is 5.92 Å². The van der Waals surface area contributed by atoms with Crippen LogP contribution in [0.15, 0.2) is 18.2 Å². The van der Waals surface area contributed by atoms with E-state index in [1.807, 2.05) is 13.8 Å². The molecule has 2 N–H and O–H groups in total. The molecule has 1 aromatic carbocycles. The van der Waals surface area contributed by atoms with Crippen LogP contribution in [-0.4, -0.2) is 35.1 Å². The van der Waals surface area contributed by atoms with E-state index in [0.717, 1.165) is 12.1 Å². The number of nitrogens with one attached hydrogen (secondary N) is 1. The van der Waals surface area contributed by atoms with Crippen molar-refractivity contribution in [2.75, 3.05) is 13.2 Å². The maximum absolute atomic E-state index is 11.5. The maximum Gasteiger partial charge on any atom is 0.335 e. The number of carbonyl (C=O) groups excluding carboxylic acids is 1. The lowest BCUT2D eigenvalue weighted by Crippen LogP contribution is -2.31. The van der Waals surface area contributed by atoms with Gasteiger partial charge in [0.2, 0.25) is 0 Å². The molecule has 0 heterocycles. The van der Waals surface area contributed by atoms with Gasteiger partial charge in [0, 0.05) is 12.6 Å². The highest BCUT2D eigenvalue weighted by Crippen LogP contribution is 2.27. The van der Waals surface area contributed by atoms with Crippen LogP contribution < -0.4 is 10.1 Å². The Kier molecular flexibility index (Phi) is 5.65. The number of benzene rings is 1. The van der Waals surface area contributed by atoms with Crippen LogP contribution in [0, 0.1) is 16.0 Å². The van der Waals surface area contributed by atoms with Crippen molar-refractivity contribution in [3.05, 3.63) is 33.9 Å². The summed E-state index contributed by atoms with van der Waals surface area (Å²) in [6.45, 7) is 3.95. The van der Waals surface area contributed by atoms with E-state index in [0.29, 0.717) is 6.54 Å². The molecule has 0 atom stereocenters. The molecule has 1 rings (SSSR count). The molecule has 1 amide bonds. The summed E-state index contributed by atoms with van der Waals surface area (Å²) >= 11 is 0. The number of aromatic carboxylic acids is 1. The number of amides is 1. The van der Waals surface area contributed by atoms with Crippen LogP contribution in [0.3, 0.4) is 0 Å². The molecule has 0 spiro atoms. The zero-order chi connectivity index (χ0) is 16.0. The van der Waals surface area contributed by atoms with Crippen LogP contribution in [-0.2, 0) is 4.79 Å². The molecule has 21 heavy (non-hydrogen) atoms. The monoisotopic (exact) mass is 296 g/mol. The van der Waals surface area contributed by atoms with Gasteiger partial charge in [0.05, 0.1) is 10.5 Å². The van der Waals surface area contributed by atoms with Crippen LogP contribution in [0.4, 0.5) is 5.69 Å². The van der Waals surface area contributed by atoms with Crippen molar-refractivity contribution in [1.29, 1.82) is 0 Å². The second-order valence-corrected chi connectivity index (χ2v) is 4.73. The highest BCUT2D eigenvalue weighted by Gasteiger charge is 2.19. The fourth-order valence-electron chi connectivity index (χ4n) is 1.43. The zero-order valence-corrected chi connectivity index (χ0v) is 11.7. The summed E-state index contributed by atoms with van der Waals surface area (Å²) in [4.78, 5) is 32.4. The third-order valence-corrected chi connectivity index (χ3v) is 2.47. The Morgan fingerprint density at radius 1 is 1.43 bits per heavy atom. The molecule has 0 aliphatic rings. The molecule has 0 fully saturated rings. The minimum Gasteiger partial charge on any atom is -0.478 e. The van der Waals surface area contributed by atoms with Gasteiger partial charge in [-0.1, -0.05) is 13.8 Å². The van der Waals surface area contributed by atoms with Crippen molar-refractivity contribution >= 4 is 17.6 Å². The second-order valence-electron chi connectivity index (χ2n) is 4.73. The number of carboxylic acid groups (broad SMARTS) is 1. The minimum atomic E-state index is -1.28. The Morgan fingerprint density at radius 3 is 2.62 bits per heavy atom. The van der Waals surface area contributed by atoms with Gasteiger partial charge in [0.15, 0.2) is 12.4 Å². The summed E-state index contributed by atoms with van der Waals surface area (Å²) in [5.41, 5.74) is -0.718. The Hall–Kier alpha value is -2.64. The molecule has 0 saturated carbocycles. The molecule has 8 nitrogen and oxygen atoms in total. The molecule has 0 bridgehead atoms. The molecular formula is C13H16N2O6. The fourth-order valence-corrected chi connectivity index (χ4v) is 1.43. The minimum absolute atomic E-state index is 0.148. The zero-order valence-electron chi connectivity index (χ0n) is 11.7. The number of nitro groups is 1. The summed E-state index contributed by atoms with van der Waals surface area (Å²) in [6.07, 6.45) is 0. The van der Waals surface area contributed by atoms with Gasteiger partial charge >= 0.3 is 11.7 Å². The average molecular weight is 296 g/mol. The van der Waals surface area contributed by atoms with E-state index >= 15 is 0 Å². The van der Waals surface area contributed by atoms with Crippen molar-refractivity contribution in [3.8, 4) is 5.75 Å². The number of hydrogen-bond acceptors (Lipinski definition) is 5. The van der Waals surface area contributed by atoms with Crippen LogP contribution >= 0.6 is 0 Å². The molecule has 0 aromatic heterocycles. The molecule has 0 aliphatic heterocycles. The normalized spacial score (nSPS) is 10.2. The Labute approximate surface area is 120 Å². The highest BCUT2D eigenvalue weighted by atomic mass is 16.6.